The van der Waals surface area contributed by atoms with Gasteiger partial charge >= 0.3 is 5.97 Å². The van der Waals surface area contributed by atoms with Gasteiger partial charge in [-0.15, -0.1) is 0 Å². The molecule has 0 saturated carbocycles. The molecule has 0 bridgehead atoms. The standard InChI is InChI=1S/C10H18N2O6S/c1-18-6-9(13)12-4-2-8(3-5-12)11-19(16,17)7-10(14)15/h8,11H,2-7H2,1H3,(H,14,15). The molecule has 0 atom stereocenters. The van der Waals surface area contributed by atoms with Gasteiger partial charge in [0.15, 0.2) is 5.75 Å². The van der Waals surface area contributed by atoms with Crippen molar-refractivity contribution in [2.75, 3.05) is 32.6 Å². The summed E-state index contributed by atoms with van der Waals surface area (Å²) in [5, 5.41) is 8.47. The normalized spacial score (nSPS) is 17.4. The molecule has 1 saturated heterocycles. The monoisotopic (exact) mass is 294 g/mol. The Balaban J connectivity index is 2.42. The van der Waals surface area contributed by atoms with Gasteiger partial charge < -0.3 is 14.7 Å². The predicted molar refractivity (Wildman–Crippen MR) is 66.0 cm³/mol. The van der Waals surface area contributed by atoms with Crippen molar-refractivity contribution in [3.63, 3.8) is 0 Å². The van der Waals surface area contributed by atoms with E-state index in [-0.39, 0.29) is 18.6 Å². The molecule has 0 radical (unpaired) electrons. The van der Waals surface area contributed by atoms with Crippen molar-refractivity contribution < 1.29 is 27.9 Å². The van der Waals surface area contributed by atoms with Crippen LogP contribution < -0.4 is 4.72 Å². The fourth-order valence-corrected chi connectivity index (χ4v) is 3.07. The third kappa shape index (κ3) is 5.53. The van der Waals surface area contributed by atoms with Gasteiger partial charge in [-0.25, -0.2) is 13.1 Å². The van der Waals surface area contributed by atoms with E-state index in [1.807, 2.05) is 0 Å². The number of amides is 1. The van der Waals surface area contributed by atoms with E-state index in [1.54, 1.807) is 4.90 Å². The molecule has 0 spiro atoms. The van der Waals surface area contributed by atoms with E-state index in [1.165, 1.54) is 7.11 Å². The molecule has 8 nitrogen and oxygen atoms in total. The highest BCUT2D eigenvalue weighted by atomic mass is 32.2. The van der Waals surface area contributed by atoms with Crippen LogP contribution in [0.15, 0.2) is 0 Å². The Bertz CT molecular complexity index is 427. The number of carbonyl (C=O) groups is 2. The molecule has 1 aliphatic heterocycles. The maximum Gasteiger partial charge on any atom is 0.320 e. The number of aliphatic carboxylic acids is 1. The highest BCUT2D eigenvalue weighted by molar-refractivity contribution is 7.90. The third-order valence-corrected chi connectivity index (χ3v) is 4.09. The van der Waals surface area contributed by atoms with Crippen LogP contribution in [0.2, 0.25) is 0 Å². The number of carboxylic acids is 1. The van der Waals surface area contributed by atoms with Gasteiger partial charge in [0.2, 0.25) is 15.9 Å². The van der Waals surface area contributed by atoms with Crippen molar-refractivity contribution in [3.8, 4) is 0 Å². The number of nitrogens with one attached hydrogen (secondary N) is 1. The second kappa shape index (κ2) is 6.83. The van der Waals surface area contributed by atoms with Gasteiger partial charge in [0.05, 0.1) is 0 Å². The number of nitrogens with zero attached hydrogens (tertiary/aromatic N) is 1. The fraction of sp³-hybridized carbons (Fsp3) is 0.800. The van der Waals surface area contributed by atoms with E-state index in [9.17, 15) is 18.0 Å². The molecule has 0 unspecified atom stereocenters. The number of sulfonamides is 1. The van der Waals surface area contributed by atoms with Crippen LogP contribution in [-0.2, 0) is 24.3 Å². The average molecular weight is 294 g/mol. The van der Waals surface area contributed by atoms with E-state index in [4.69, 9.17) is 9.84 Å². The van der Waals surface area contributed by atoms with Gasteiger partial charge in [0.1, 0.15) is 6.61 Å². The zero-order valence-corrected chi connectivity index (χ0v) is 11.5. The molecule has 0 aromatic heterocycles. The zero-order valence-electron chi connectivity index (χ0n) is 10.7. The minimum absolute atomic E-state index is 0.00933. The Morgan fingerprint density at radius 3 is 2.42 bits per heavy atom. The van der Waals surface area contributed by atoms with Crippen LogP contribution >= 0.6 is 0 Å². The van der Waals surface area contributed by atoms with Crippen LogP contribution in [0.5, 0.6) is 0 Å². The molecular weight excluding hydrogens is 276 g/mol. The van der Waals surface area contributed by atoms with E-state index in [2.05, 4.69) is 4.72 Å². The topological polar surface area (TPSA) is 113 Å². The molecule has 0 aromatic carbocycles. The van der Waals surface area contributed by atoms with Crippen molar-refractivity contribution in [1.29, 1.82) is 0 Å². The van der Waals surface area contributed by atoms with Crippen LogP contribution in [0.4, 0.5) is 0 Å². The van der Waals surface area contributed by atoms with Gasteiger partial charge in [-0.1, -0.05) is 0 Å². The summed E-state index contributed by atoms with van der Waals surface area (Å²) in [7, 11) is -2.37. The molecule has 1 fully saturated rings. The molecule has 9 heteroatoms. The number of hydrogen-bond acceptors (Lipinski definition) is 5. The van der Waals surface area contributed by atoms with Gasteiger partial charge in [-0.05, 0) is 12.8 Å². The molecular formula is C10H18N2O6S. The van der Waals surface area contributed by atoms with Gasteiger partial charge in [-0.2, -0.15) is 0 Å². The molecule has 1 amide bonds. The number of hydrogen-bond donors (Lipinski definition) is 2. The van der Waals surface area contributed by atoms with Crippen molar-refractivity contribution >= 4 is 21.9 Å². The number of ether oxygens (including phenoxy) is 1. The zero-order chi connectivity index (χ0) is 14.5. The first-order valence-corrected chi connectivity index (χ1v) is 7.48. The summed E-state index contributed by atoms with van der Waals surface area (Å²) in [6, 6.07) is -0.323. The first-order valence-electron chi connectivity index (χ1n) is 5.82. The van der Waals surface area contributed by atoms with E-state index >= 15 is 0 Å². The van der Waals surface area contributed by atoms with Crippen molar-refractivity contribution in [2.24, 2.45) is 0 Å². The van der Waals surface area contributed by atoms with Gasteiger partial charge in [0, 0.05) is 26.2 Å². The first kappa shape index (κ1) is 15.9. The molecule has 1 rings (SSSR count). The number of likely N-dealkylation sites (tertiary alicyclic amines) is 1. The summed E-state index contributed by atoms with van der Waals surface area (Å²) in [6.07, 6.45) is 0.933. The summed E-state index contributed by atoms with van der Waals surface area (Å²) in [5.41, 5.74) is 0. The van der Waals surface area contributed by atoms with Crippen LogP contribution in [0.25, 0.3) is 0 Å². The predicted octanol–water partition coefficient (Wildman–Crippen LogP) is -1.37. The van der Waals surface area contributed by atoms with Gasteiger partial charge in [0.25, 0.3) is 0 Å². The maximum absolute atomic E-state index is 11.5. The van der Waals surface area contributed by atoms with Crippen molar-refractivity contribution in [2.45, 2.75) is 18.9 Å². The largest absolute Gasteiger partial charge is 0.480 e. The SMILES string of the molecule is COCC(=O)N1CCC(NS(=O)(=O)CC(=O)O)CC1. The lowest BCUT2D eigenvalue weighted by Crippen LogP contribution is -2.48. The van der Waals surface area contributed by atoms with Crippen molar-refractivity contribution in [3.05, 3.63) is 0 Å². The van der Waals surface area contributed by atoms with Crippen LogP contribution in [0.1, 0.15) is 12.8 Å². The molecule has 0 aromatic rings. The second-order valence-electron chi connectivity index (χ2n) is 4.36. The van der Waals surface area contributed by atoms with Gasteiger partial charge in [-0.3, -0.25) is 9.59 Å². The summed E-state index contributed by atoms with van der Waals surface area (Å²) in [6.45, 7) is 0.875. The highest BCUT2D eigenvalue weighted by Crippen LogP contribution is 2.11. The van der Waals surface area contributed by atoms with E-state index < -0.39 is 21.7 Å². The number of carbonyl (C=O) groups excluding carboxylic acids is 1. The van der Waals surface area contributed by atoms with Crippen molar-refractivity contribution in [1.82, 2.24) is 9.62 Å². The summed E-state index contributed by atoms with van der Waals surface area (Å²) < 4.78 is 29.9. The number of rotatable bonds is 6. The van der Waals surface area contributed by atoms with E-state index in [0.717, 1.165) is 0 Å². The maximum atomic E-state index is 11.5. The Kier molecular flexibility index (Phi) is 5.70. The first-order chi connectivity index (χ1) is 8.84. The number of piperidine rings is 1. The lowest BCUT2D eigenvalue weighted by atomic mass is 10.1. The molecule has 1 heterocycles. The van der Waals surface area contributed by atoms with Crippen LogP contribution in [0, 0.1) is 0 Å². The number of methoxy groups -OCH3 is 1. The summed E-state index contributed by atoms with van der Waals surface area (Å²) in [4.78, 5) is 23.5. The summed E-state index contributed by atoms with van der Waals surface area (Å²) >= 11 is 0. The minimum atomic E-state index is -3.81. The average Bonchev–Trinajstić information content (AvgIpc) is 2.27. The lowest BCUT2D eigenvalue weighted by molar-refractivity contribution is -0.136. The second-order valence-corrected chi connectivity index (χ2v) is 6.11. The molecule has 19 heavy (non-hydrogen) atoms. The Labute approximate surface area is 111 Å². The Morgan fingerprint density at radius 2 is 1.95 bits per heavy atom. The molecule has 0 aliphatic carbocycles. The quantitative estimate of drug-likeness (QED) is 0.625. The summed E-state index contributed by atoms with van der Waals surface area (Å²) in [5.74, 6) is -2.45. The third-order valence-electron chi connectivity index (χ3n) is 2.78. The van der Waals surface area contributed by atoms with Crippen LogP contribution in [0.3, 0.4) is 0 Å². The lowest BCUT2D eigenvalue weighted by Gasteiger charge is -2.32. The highest BCUT2D eigenvalue weighted by Gasteiger charge is 2.26. The molecule has 1 aliphatic rings. The number of carboxylic acid groups (broad SMARTS) is 1. The van der Waals surface area contributed by atoms with Crippen LogP contribution in [-0.4, -0.2) is 68.9 Å². The fourth-order valence-electron chi connectivity index (χ4n) is 1.92. The minimum Gasteiger partial charge on any atom is -0.480 e. The van der Waals surface area contributed by atoms with E-state index in [0.29, 0.717) is 25.9 Å². The molecule has 2 N–H and O–H groups in total. The Morgan fingerprint density at radius 1 is 1.37 bits per heavy atom. The Hall–Kier alpha value is -1.19. The smallest absolute Gasteiger partial charge is 0.320 e. The molecule has 110 valence electrons.